The van der Waals surface area contributed by atoms with E-state index in [1.807, 2.05) is 12.1 Å². The van der Waals surface area contributed by atoms with Gasteiger partial charge in [0.05, 0.1) is 23.6 Å². The molecular weight excluding hydrogens is 370 g/mol. The van der Waals surface area contributed by atoms with Gasteiger partial charge in [0.25, 0.3) is 11.5 Å². The summed E-state index contributed by atoms with van der Waals surface area (Å²) in [6, 6.07) is 12.6. The fourth-order valence-electron chi connectivity index (χ4n) is 2.82. The van der Waals surface area contributed by atoms with Crippen molar-refractivity contribution in [1.82, 2.24) is 20.1 Å². The van der Waals surface area contributed by atoms with Crippen molar-refractivity contribution in [1.29, 1.82) is 5.26 Å². The number of aliphatic hydroxyl groups is 1. The predicted octanol–water partition coefficient (Wildman–Crippen LogP) is 1.80. The standard InChI is InChI=1S/C21H21N5O3/c22-10-9-15-3-5-16(6-4-15)18-14-26(25-21(18)29)19-8-7-17(13-24-19)20(28)23-11-1-2-12-27/h3-8,13-14,27H,1-2,9,11-12H2,(H,23,28)(H,25,29). The molecular formula is C21H21N5O3. The molecule has 8 nitrogen and oxygen atoms in total. The number of carbonyl (C=O) groups excluding carboxylic acids is 1. The number of hydrogen-bond donors (Lipinski definition) is 3. The Labute approximate surface area is 167 Å². The highest BCUT2D eigenvalue weighted by Crippen LogP contribution is 2.17. The molecule has 3 N–H and O–H groups in total. The summed E-state index contributed by atoms with van der Waals surface area (Å²) in [6.07, 6.45) is 4.77. The number of benzene rings is 1. The quantitative estimate of drug-likeness (QED) is 0.505. The van der Waals surface area contributed by atoms with E-state index in [1.165, 1.54) is 10.9 Å². The number of H-pyrrole nitrogens is 1. The number of nitrogens with zero attached hydrogens (tertiary/aromatic N) is 3. The van der Waals surface area contributed by atoms with Crippen LogP contribution in [0.25, 0.3) is 16.9 Å². The highest BCUT2D eigenvalue weighted by atomic mass is 16.3. The van der Waals surface area contributed by atoms with Gasteiger partial charge in [-0.3, -0.25) is 14.7 Å². The molecule has 148 valence electrons. The molecule has 0 fully saturated rings. The Morgan fingerprint density at radius 2 is 2.00 bits per heavy atom. The summed E-state index contributed by atoms with van der Waals surface area (Å²) < 4.78 is 1.50. The van der Waals surface area contributed by atoms with E-state index in [0.29, 0.717) is 42.8 Å². The van der Waals surface area contributed by atoms with Gasteiger partial charge in [0.2, 0.25) is 0 Å². The molecule has 0 spiro atoms. The first-order chi connectivity index (χ1) is 14.1. The van der Waals surface area contributed by atoms with E-state index in [-0.39, 0.29) is 18.1 Å². The van der Waals surface area contributed by atoms with Crippen molar-refractivity contribution in [2.75, 3.05) is 13.2 Å². The molecule has 0 radical (unpaired) electrons. The van der Waals surface area contributed by atoms with Gasteiger partial charge in [-0.1, -0.05) is 24.3 Å². The molecule has 1 aromatic carbocycles. The molecule has 0 saturated carbocycles. The fraction of sp³-hybridized carbons (Fsp3) is 0.238. The number of aromatic nitrogens is 3. The summed E-state index contributed by atoms with van der Waals surface area (Å²) in [6.45, 7) is 0.593. The van der Waals surface area contributed by atoms with E-state index in [9.17, 15) is 9.59 Å². The van der Waals surface area contributed by atoms with E-state index >= 15 is 0 Å². The number of unbranched alkanes of at least 4 members (excludes halogenated alkanes) is 1. The van der Waals surface area contributed by atoms with Crippen LogP contribution in [0.4, 0.5) is 0 Å². The summed E-state index contributed by atoms with van der Waals surface area (Å²) in [7, 11) is 0. The zero-order chi connectivity index (χ0) is 20.6. The summed E-state index contributed by atoms with van der Waals surface area (Å²) in [4.78, 5) is 28.7. The lowest BCUT2D eigenvalue weighted by atomic mass is 10.1. The lowest BCUT2D eigenvalue weighted by molar-refractivity contribution is 0.0951. The number of hydrogen-bond acceptors (Lipinski definition) is 5. The summed E-state index contributed by atoms with van der Waals surface area (Å²) >= 11 is 0. The van der Waals surface area contributed by atoms with Crippen LogP contribution >= 0.6 is 0 Å². The van der Waals surface area contributed by atoms with Gasteiger partial charge in [0.15, 0.2) is 5.82 Å². The third-order valence-electron chi connectivity index (χ3n) is 4.40. The minimum Gasteiger partial charge on any atom is -0.396 e. The molecule has 0 saturated heterocycles. The number of rotatable bonds is 8. The zero-order valence-electron chi connectivity index (χ0n) is 15.8. The SMILES string of the molecule is N#CCc1ccc(-c2cn(-c3ccc(C(=O)NCCCCO)cn3)[nH]c2=O)cc1. The summed E-state index contributed by atoms with van der Waals surface area (Å²) in [5.41, 5.74) is 2.27. The van der Waals surface area contributed by atoms with Crippen molar-refractivity contribution in [3.8, 4) is 23.0 Å². The topological polar surface area (TPSA) is 124 Å². The normalized spacial score (nSPS) is 10.5. The van der Waals surface area contributed by atoms with Crippen molar-refractivity contribution < 1.29 is 9.90 Å². The van der Waals surface area contributed by atoms with Gasteiger partial charge >= 0.3 is 0 Å². The van der Waals surface area contributed by atoms with E-state index in [2.05, 4.69) is 21.5 Å². The second-order valence-corrected chi connectivity index (χ2v) is 6.48. The minimum absolute atomic E-state index is 0.104. The molecule has 2 heterocycles. The van der Waals surface area contributed by atoms with Crippen LogP contribution in [0.2, 0.25) is 0 Å². The summed E-state index contributed by atoms with van der Waals surface area (Å²) in [5.74, 6) is 0.243. The minimum atomic E-state index is -0.259. The van der Waals surface area contributed by atoms with Crippen LogP contribution in [0.15, 0.2) is 53.6 Å². The van der Waals surface area contributed by atoms with Gasteiger partial charge in [0, 0.05) is 25.5 Å². The average Bonchev–Trinajstić information content (AvgIpc) is 3.13. The number of nitrogens with one attached hydrogen (secondary N) is 2. The molecule has 3 rings (SSSR count). The molecule has 29 heavy (non-hydrogen) atoms. The summed E-state index contributed by atoms with van der Waals surface area (Å²) in [5, 5.41) is 23.0. The number of carbonyl (C=O) groups is 1. The molecule has 8 heteroatoms. The second-order valence-electron chi connectivity index (χ2n) is 6.48. The molecule has 3 aromatic rings. The molecule has 0 bridgehead atoms. The Balaban J connectivity index is 1.73. The van der Waals surface area contributed by atoms with E-state index in [0.717, 1.165) is 11.1 Å². The maximum absolute atomic E-state index is 12.3. The lowest BCUT2D eigenvalue weighted by Gasteiger charge is -2.06. The van der Waals surface area contributed by atoms with Crippen molar-refractivity contribution in [3.05, 3.63) is 70.3 Å². The Morgan fingerprint density at radius 3 is 2.66 bits per heavy atom. The van der Waals surface area contributed by atoms with Gasteiger partial charge in [-0.15, -0.1) is 0 Å². The van der Waals surface area contributed by atoms with Crippen molar-refractivity contribution >= 4 is 5.91 Å². The number of pyridine rings is 1. The fourth-order valence-corrected chi connectivity index (χ4v) is 2.82. The molecule has 0 aliphatic heterocycles. The Bertz CT molecular complexity index is 1060. The Morgan fingerprint density at radius 1 is 1.21 bits per heavy atom. The Hall–Kier alpha value is -3.70. The van der Waals surface area contributed by atoms with Gasteiger partial charge in [0.1, 0.15) is 0 Å². The second kappa shape index (κ2) is 9.48. The molecule has 2 aromatic heterocycles. The third-order valence-corrected chi connectivity index (χ3v) is 4.40. The smallest absolute Gasteiger partial charge is 0.272 e. The number of nitriles is 1. The average molecular weight is 391 g/mol. The van der Waals surface area contributed by atoms with Crippen LogP contribution in [0, 0.1) is 11.3 Å². The monoisotopic (exact) mass is 391 g/mol. The van der Waals surface area contributed by atoms with E-state index in [4.69, 9.17) is 10.4 Å². The maximum Gasteiger partial charge on any atom is 0.272 e. The van der Waals surface area contributed by atoms with Crippen molar-refractivity contribution in [3.63, 3.8) is 0 Å². The van der Waals surface area contributed by atoms with Crippen LogP contribution < -0.4 is 10.9 Å². The van der Waals surface area contributed by atoms with E-state index < -0.39 is 0 Å². The first kappa shape index (κ1) is 20.0. The van der Waals surface area contributed by atoms with Gasteiger partial charge in [-0.25, -0.2) is 9.67 Å². The highest BCUT2D eigenvalue weighted by Gasteiger charge is 2.10. The van der Waals surface area contributed by atoms with Crippen molar-refractivity contribution in [2.24, 2.45) is 0 Å². The maximum atomic E-state index is 12.3. The number of amides is 1. The molecule has 0 aliphatic carbocycles. The number of aliphatic hydroxyl groups excluding tert-OH is 1. The number of aromatic amines is 1. The molecule has 0 aliphatic rings. The largest absolute Gasteiger partial charge is 0.396 e. The van der Waals surface area contributed by atoms with Gasteiger partial charge < -0.3 is 10.4 Å². The van der Waals surface area contributed by atoms with Crippen LogP contribution in [0.5, 0.6) is 0 Å². The van der Waals surface area contributed by atoms with Crippen LogP contribution in [0.3, 0.4) is 0 Å². The first-order valence-corrected chi connectivity index (χ1v) is 9.26. The van der Waals surface area contributed by atoms with Crippen LogP contribution in [0.1, 0.15) is 28.8 Å². The van der Waals surface area contributed by atoms with Crippen molar-refractivity contribution in [2.45, 2.75) is 19.3 Å². The first-order valence-electron chi connectivity index (χ1n) is 9.26. The van der Waals surface area contributed by atoms with E-state index in [1.54, 1.807) is 30.5 Å². The third kappa shape index (κ3) is 4.97. The van der Waals surface area contributed by atoms with Crippen LogP contribution in [-0.2, 0) is 6.42 Å². The Kier molecular flexibility index (Phi) is 6.55. The van der Waals surface area contributed by atoms with Gasteiger partial charge in [-0.2, -0.15) is 5.26 Å². The van der Waals surface area contributed by atoms with Crippen LogP contribution in [-0.4, -0.2) is 38.9 Å². The molecule has 1 amide bonds. The molecule has 0 atom stereocenters. The molecule has 0 unspecified atom stereocenters. The predicted molar refractivity (Wildman–Crippen MR) is 108 cm³/mol. The lowest BCUT2D eigenvalue weighted by Crippen LogP contribution is -2.24. The van der Waals surface area contributed by atoms with Gasteiger partial charge in [-0.05, 0) is 36.1 Å². The highest BCUT2D eigenvalue weighted by molar-refractivity contribution is 5.93. The zero-order valence-corrected chi connectivity index (χ0v) is 15.8.